The number of hydrogen-bond donors (Lipinski definition) is 0. The third kappa shape index (κ3) is 8.49. The summed E-state index contributed by atoms with van der Waals surface area (Å²) in [5, 5.41) is 18.1. The van der Waals surface area contributed by atoms with Gasteiger partial charge in [0.15, 0.2) is 0 Å². The number of carbonyl (C=O) groups is 1. The smallest absolute Gasteiger partial charge is 0.740 e. The maximum Gasteiger partial charge on any atom is 1.00 e. The van der Waals surface area contributed by atoms with E-state index in [1.54, 1.807) is 0 Å². The summed E-state index contributed by atoms with van der Waals surface area (Å²) in [6.45, 7) is 0. The quantitative estimate of drug-likeness (QED) is 0.235. The predicted molar refractivity (Wildman–Crippen MR) is 61.1 cm³/mol. The number of aromatic carboxylic acids is 1. The minimum atomic E-state index is -1.34. The summed E-state index contributed by atoms with van der Waals surface area (Å²) in [4.78, 5) is 10.7. The van der Waals surface area contributed by atoms with Gasteiger partial charge in [-0.25, -0.2) is 0 Å². The van der Waals surface area contributed by atoms with Gasteiger partial charge in [-0.3, -0.25) is 0 Å². The first-order chi connectivity index (χ1) is 7.58. The third-order valence-electron chi connectivity index (χ3n) is 1.95. The van der Waals surface area contributed by atoms with Crippen molar-refractivity contribution in [3.63, 3.8) is 0 Å². The number of nitrogens with zero attached hydrogens (tertiary/aromatic N) is 3. The molecule has 0 aliphatic rings. The van der Waals surface area contributed by atoms with Crippen LogP contribution in [0.2, 0.25) is 0 Å². The summed E-state index contributed by atoms with van der Waals surface area (Å²) < 4.78 is 1.42. The molecule has 0 aliphatic heterocycles. The predicted octanol–water partition coefficient (Wildman–Crippen LogP) is -3.16. The van der Waals surface area contributed by atoms with Gasteiger partial charge in [0, 0.05) is 124 Å². The largest absolute Gasteiger partial charge is 1.00 e. The fourth-order valence-electron chi connectivity index (χ4n) is 1.27. The average molecular weight is 923 g/mol. The Hall–Kier alpha value is 4.14. The number of carboxylic acid groups (broad SMARTS) is 1. The van der Waals surface area contributed by atoms with Gasteiger partial charge in [-0.2, -0.15) is 5.10 Å². The Kier molecular flexibility index (Phi) is 20.7. The number of nitrogens with one attached hydrogen (secondary N) is 1. The van der Waals surface area contributed by atoms with Crippen LogP contribution in [0.15, 0.2) is 29.7 Å². The SMILES string of the molecule is [Ac].[Au+].[Cs+].[Cs].[NH-]c1cc(C(=O)[O-])cc(-n2cnnc2[S-])c1. The first kappa shape index (κ1) is 28.9. The topological polar surface area (TPSA) is 94.6 Å². The molecule has 0 aliphatic carbocycles. The van der Waals surface area contributed by atoms with Crippen LogP contribution in [0.1, 0.15) is 10.4 Å². The molecule has 1 heterocycles. The first-order valence-electron chi connectivity index (χ1n) is 4.23. The van der Waals surface area contributed by atoms with E-state index in [-0.39, 0.29) is 221 Å². The molecule has 0 saturated heterocycles. The second kappa shape index (κ2) is 14.3. The fourth-order valence-corrected chi connectivity index (χ4v) is 1.47. The fraction of sp³-hybridized carbons (Fsp3) is 0. The number of carboxylic acids is 1. The van der Waals surface area contributed by atoms with Crippen LogP contribution in [0, 0.1) is 44.1 Å². The molecule has 1 N–H and O–H groups in total. The van der Waals surface area contributed by atoms with Crippen molar-refractivity contribution in [3.05, 3.63) is 35.8 Å². The van der Waals surface area contributed by atoms with Gasteiger partial charge >= 0.3 is 91.3 Å². The Morgan fingerprint density at radius 3 is 2.40 bits per heavy atom. The Morgan fingerprint density at radius 2 is 1.95 bits per heavy atom. The maximum absolute atomic E-state index is 10.7. The zero-order chi connectivity index (χ0) is 11.7. The summed E-state index contributed by atoms with van der Waals surface area (Å²) in [7, 11) is 0. The van der Waals surface area contributed by atoms with Crippen molar-refractivity contribution in [1.82, 2.24) is 14.8 Å². The molecule has 1 aromatic heterocycles. The molecule has 2 radical (unpaired) electrons. The summed E-state index contributed by atoms with van der Waals surface area (Å²) in [6, 6.07) is 4.02. The average Bonchev–Trinajstić information content (AvgIpc) is 2.63. The summed E-state index contributed by atoms with van der Waals surface area (Å²) in [5.41, 5.74) is 7.87. The molecular formula is C9H5AcAuCs2N4O2S-. The van der Waals surface area contributed by atoms with Crippen LogP contribution in [0.4, 0.5) is 5.69 Å². The Bertz CT molecular complexity index is 573. The van der Waals surface area contributed by atoms with Crippen LogP contribution in [0.5, 0.6) is 0 Å². The molecule has 0 saturated carbocycles. The summed E-state index contributed by atoms with van der Waals surface area (Å²) in [5.74, 6) is -1.34. The van der Waals surface area contributed by atoms with E-state index in [1.165, 1.54) is 29.1 Å². The second-order valence-electron chi connectivity index (χ2n) is 3.04. The van der Waals surface area contributed by atoms with E-state index in [0.717, 1.165) is 0 Å². The molecule has 0 amide bonds. The number of benzene rings is 1. The van der Waals surface area contributed by atoms with Gasteiger partial charge < -0.3 is 32.8 Å². The number of hydrogen-bond acceptors (Lipinski definition) is 5. The van der Waals surface area contributed by atoms with E-state index < -0.39 is 5.97 Å². The van der Waals surface area contributed by atoms with Crippen molar-refractivity contribution >= 4 is 93.2 Å². The van der Waals surface area contributed by atoms with Crippen molar-refractivity contribution in [2.24, 2.45) is 0 Å². The van der Waals surface area contributed by atoms with Crippen LogP contribution in [-0.4, -0.2) is 89.6 Å². The zero-order valence-electron chi connectivity index (χ0n) is 10.8. The molecular weight excluding hydrogens is 918 g/mol. The normalized spacial score (nSPS) is 8.20. The summed E-state index contributed by atoms with van der Waals surface area (Å²) in [6.07, 6.45) is 1.36. The number of rotatable bonds is 2. The van der Waals surface area contributed by atoms with E-state index in [0.29, 0.717) is 5.69 Å². The number of carbonyl (C=O) groups excluding carboxylic acids is 1. The molecule has 96 valence electrons. The minimum absolute atomic E-state index is 0. The molecule has 0 fully saturated rings. The van der Waals surface area contributed by atoms with Gasteiger partial charge in [-0.05, 0) is 11.6 Å². The van der Waals surface area contributed by atoms with Crippen molar-refractivity contribution in [2.45, 2.75) is 5.16 Å². The molecule has 11 heteroatoms. The van der Waals surface area contributed by atoms with E-state index in [9.17, 15) is 9.90 Å². The van der Waals surface area contributed by atoms with Crippen molar-refractivity contribution in [1.29, 1.82) is 0 Å². The van der Waals surface area contributed by atoms with E-state index in [4.69, 9.17) is 18.4 Å². The Balaban J connectivity index is -0.000000722. The van der Waals surface area contributed by atoms with E-state index in [2.05, 4.69) is 10.2 Å². The first-order valence-corrected chi connectivity index (χ1v) is 4.64. The van der Waals surface area contributed by atoms with Gasteiger partial charge in [-0.15, -0.1) is 10.8 Å². The monoisotopic (exact) mass is 923 g/mol. The van der Waals surface area contributed by atoms with Crippen LogP contribution in [0.25, 0.3) is 11.4 Å². The molecule has 20 heavy (non-hydrogen) atoms. The molecule has 2 rings (SSSR count). The molecule has 1 aromatic carbocycles. The maximum atomic E-state index is 10.7. The Labute approximate surface area is 290 Å². The van der Waals surface area contributed by atoms with Gasteiger partial charge in [0.2, 0.25) is 0 Å². The molecule has 0 spiro atoms. The van der Waals surface area contributed by atoms with Gasteiger partial charge in [0.1, 0.15) is 6.33 Å². The molecule has 6 nitrogen and oxygen atoms in total. The van der Waals surface area contributed by atoms with Crippen molar-refractivity contribution in [2.75, 3.05) is 0 Å². The van der Waals surface area contributed by atoms with Crippen LogP contribution in [0.3, 0.4) is 0 Å². The molecule has 0 atom stereocenters. The summed E-state index contributed by atoms with van der Waals surface area (Å²) >= 11 is 4.88. The van der Waals surface area contributed by atoms with E-state index >= 15 is 0 Å². The second-order valence-corrected chi connectivity index (χ2v) is 3.40. The van der Waals surface area contributed by atoms with Gasteiger partial charge in [-0.1, -0.05) is 12.1 Å². The van der Waals surface area contributed by atoms with Crippen LogP contribution >= 0.6 is 0 Å². The van der Waals surface area contributed by atoms with Crippen LogP contribution < -0.4 is 74.0 Å². The van der Waals surface area contributed by atoms with Crippen molar-refractivity contribution < 1.29 is 145 Å². The van der Waals surface area contributed by atoms with Gasteiger partial charge in [0.25, 0.3) is 0 Å². The minimum Gasteiger partial charge on any atom is -0.740 e. The Morgan fingerprint density at radius 1 is 1.35 bits per heavy atom. The molecule has 0 unspecified atom stereocenters. The van der Waals surface area contributed by atoms with Gasteiger partial charge in [0.05, 0.1) is 5.97 Å². The van der Waals surface area contributed by atoms with Crippen molar-refractivity contribution in [3.8, 4) is 5.69 Å². The van der Waals surface area contributed by atoms with E-state index in [1.807, 2.05) is 0 Å². The standard InChI is InChI=1S/C9H7N4O2S.Ac.Au.2Cs/c10-6-1-5(8(14)15)2-7(3-6)13-4-11-12-9(13)16;;;;/h1-4,10H,(H,12,16)(H,14,15);;;;/q-1;;+1;;+1/p-2. The third-order valence-corrected chi connectivity index (χ3v) is 2.23. The van der Waals surface area contributed by atoms with Crippen LogP contribution in [-0.2, 0) is 35.0 Å². The molecule has 2 aromatic rings. The number of aromatic nitrogens is 3. The molecule has 0 bridgehead atoms. The zero-order valence-corrected chi connectivity index (χ0v) is 31.0.